The minimum Gasteiger partial charge on any atom is -0.494 e. The van der Waals surface area contributed by atoms with E-state index in [2.05, 4.69) is 15.6 Å². The van der Waals surface area contributed by atoms with Crippen LogP contribution in [0.4, 0.5) is 11.4 Å². The fourth-order valence-electron chi connectivity index (χ4n) is 5.04. The molecule has 3 aromatic carbocycles. The summed E-state index contributed by atoms with van der Waals surface area (Å²) in [5.74, 6) is 2.68. The Kier molecular flexibility index (Phi) is 8.33. The van der Waals surface area contributed by atoms with E-state index >= 15 is 0 Å². The van der Waals surface area contributed by atoms with Crippen LogP contribution in [0.25, 0.3) is 11.3 Å². The first-order valence-corrected chi connectivity index (χ1v) is 14.4. The predicted octanol–water partition coefficient (Wildman–Crippen LogP) is 6.93. The summed E-state index contributed by atoms with van der Waals surface area (Å²) >= 11 is 5.84. The number of furan rings is 1. The van der Waals surface area contributed by atoms with Crippen molar-refractivity contribution in [2.24, 2.45) is 0 Å². The van der Waals surface area contributed by atoms with Crippen molar-refractivity contribution in [2.45, 2.75) is 19.0 Å². The number of nitrogens with zero attached hydrogens (tertiary/aromatic N) is 2. The Morgan fingerprint density at radius 1 is 0.907 bits per heavy atom. The summed E-state index contributed by atoms with van der Waals surface area (Å²) in [6.45, 7) is 2.48. The number of pyridine rings is 1. The quantitative estimate of drug-likeness (QED) is 0.169. The Balaban J connectivity index is 1.24. The summed E-state index contributed by atoms with van der Waals surface area (Å²) in [5, 5.41) is 6.88. The van der Waals surface area contributed by atoms with Crippen molar-refractivity contribution < 1.29 is 18.7 Å². The second kappa shape index (κ2) is 12.8. The molecule has 6 rings (SSSR count). The average molecular weight is 591 g/mol. The first kappa shape index (κ1) is 28.0. The van der Waals surface area contributed by atoms with Gasteiger partial charge in [-0.1, -0.05) is 24.3 Å². The molecule has 216 valence electrons. The Morgan fingerprint density at radius 2 is 1.65 bits per heavy atom. The number of rotatable bonds is 10. The molecule has 0 unspecified atom stereocenters. The van der Waals surface area contributed by atoms with Crippen molar-refractivity contribution in [3.05, 3.63) is 127 Å². The van der Waals surface area contributed by atoms with Gasteiger partial charge in [0.25, 0.3) is 5.91 Å². The van der Waals surface area contributed by atoms with Crippen molar-refractivity contribution in [3.63, 3.8) is 0 Å². The summed E-state index contributed by atoms with van der Waals surface area (Å²) in [4.78, 5) is 19.1. The van der Waals surface area contributed by atoms with Crippen molar-refractivity contribution >= 4 is 34.6 Å². The molecule has 0 aliphatic carbocycles. The maximum absolute atomic E-state index is 12.5. The number of carbonyl (C=O) groups excluding carboxylic acids is 1. The van der Waals surface area contributed by atoms with E-state index < -0.39 is 0 Å². The van der Waals surface area contributed by atoms with Crippen LogP contribution in [0.1, 0.15) is 30.5 Å². The van der Waals surface area contributed by atoms with Gasteiger partial charge in [-0.2, -0.15) is 0 Å². The molecular formula is C34H30N4O4S. The monoisotopic (exact) mass is 590 g/mol. The molecule has 1 saturated heterocycles. The largest absolute Gasteiger partial charge is 0.494 e. The van der Waals surface area contributed by atoms with E-state index in [4.69, 9.17) is 26.1 Å². The molecule has 1 fully saturated rings. The van der Waals surface area contributed by atoms with Gasteiger partial charge in [0.15, 0.2) is 11.7 Å². The summed E-state index contributed by atoms with van der Waals surface area (Å²) in [5.41, 5.74) is 3.29. The van der Waals surface area contributed by atoms with Crippen LogP contribution in [0.2, 0.25) is 0 Å². The van der Waals surface area contributed by atoms with E-state index in [1.54, 1.807) is 6.20 Å². The van der Waals surface area contributed by atoms with E-state index in [1.165, 1.54) is 0 Å². The van der Waals surface area contributed by atoms with Crippen LogP contribution in [-0.4, -0.2) is 29.2 Å². The highest BCUT2D eigenvalue weighted by molar-refractivity contribution is 7.80. The molecule has 1 aliphatic rings. The van der Waals surface area contributed by atoms with Gasteiger partial charge >= 0.3 is 0 Å². The maximum atomic E-state index is 12.5. The average Bonchev–Trinajstić information content (AvgIpc) is 3.67. The minimum absolute atomic E-state index is 0.0884. The van der Waals surface area contributed by atoms with Gasteiger partial charge in [-0.25, -0.2) is 0 Å². The maximum Gasteiger partial charge on any atom is 0.262 e. The van der Waals surface area contributed by atoms with E-state index in [0.29, 0.717) is 23.2 Å². The van der Waals surface area contributed by atoms with Gasteiger partial charge in [-0.05, 0) is 104 Å². The van der Waals surface area contributed by atoms with E-state index in [1.807, 2.05) is 121 Å². The van der Waals surface area contributed by atoms with Crippen LogP contribution in [-0.2, 0) is 4.79 Å². The number of carbonyl (C=O) groups is 1. The fourth-order valence-corrected chi connectivity index (χ4v) is 5.38. The Hall–Kier alpha value is -5.15. The Labute approximate surface area is 255 Å². The summed E-state index contributed by atoms with van der Waals surface area (Å²) in [7, 11) is 0. The lowest BCUT2D eigenvalue weighted by atomic mass is 10.0. The molecule has 5 aromatic rings. The van der Waals surface area contributed by atoms with Gasteiger partial charge in [-0.15, -0.1) is 0 Å². The summed E-state index contributed by atoms with van der Waals surface area (Å²) < 4.78 is 17.6. The van der Waals surface area contributed by atoms with Crippen LogP contribution in [0.15, 0.2) is 120 Å². The Morgan fingerprint density at radius 3 is 2.37 bits per heavy atom. The molecule has 9 heteroatoms. The Bertz CT molecular complexity index is 1680. The second-order valence-corrected chi connectivity index (χ2v) is 10.2. The molecule has 8 nitrogen and oxygen atoms in total. The van der Waals surface area contributed by atoms with E-state index in [0.717, 1.165) is 34.2 Å². The molecule has 0 spiro atoms. The molecule has 0 bridgehead atoms. The first-order chi connectivity index (χ1) is 21.1. The lowest BCUT2D eigenvalue weighted by molar-refractivity contribution is -0.118. The number of anilines is 2. The normalized spacial score (nSPS) is 16.0. The van der Waals surface area contributed by atoms with Gasteiger partial charge in [0.05, 0.1) is 18.3 Å². The van der Waals surface area contributed by atoms with Crippen molar-refractivity contribution in [3.8, 4) is 22.8 Å². The third kappa shape index (κ3) is 6.37. The van der Waals surface area contributed by atoms with Crippen LogP contribution in [0, 0.1) is 0 Å². The second-order valence-electron chi connectivity index (χ2n) is 9.85. The van der Waals surface area contributed by atoms with Crippen LogP contribution in [0.5, 0.6) is 11.5 Å². The van der Waals surface area contributed by atoms with Crippen molar-refractivity contribution in [1.82, 2.24) is 10.3 Å². The van der Waals surface area contributed by atoms with Crippen LogP contribution in [0.3, 0.4) is 0 Å². The molecule has 43 heavy (non-hydrogen) atoms. The molecule has 3 heterocycles. The topological polar surface area (TPSA) is 88.9 Å². The minimum atomic E-state index is -0.307. The van der Waals surface area contributed by atoms with Crippen molar-refractivity contribution in [1.29, 1.82) is 0 Å². The number of amides is 1. The molecule has 2 aromatic heterocycles. The number of nitrogens with one attached hydrogen (secondary N) is 2. The SMILES string of the molecule is CCOc1ccc(-c2ccc([C@H]3[C@@H](c4ccccn4)NC(=S)N3c3ccc(NC(=O)COc4ccccc4)cc3)o2)cc1. The number of aromatic nitrogens is 1. The molecule has 2 N–H and O–H groups in total. The third-order valence-corrected chi connectivity index (χ3v) is 7.32. The number of para-hydroxylation sites is 1. The number of ether oxygens (including phenoxy) is 2. The highest BCUT2D eigenvalue weighted by atomic mass is 32.1. The molecule has 0 radical (unpaired) electrons. The van der Waals surface area contributed by atoms with E-state index in [9.17, 15) is 4.79 Å². The molecule has 0 saturated carbocycles. The molecule has 1 aliphatic heterocycles. The lowest BCUT2D eigenvalue weighted by Gasteiger charge is -2.26. The van der Waals surface area contributed by atoms with Crippen LogP contribution >= 0.6 is 12.2 Å². The first-order valence-electron chi connectivity index (χ1n) is 14.0. The number of hydrogen-bond acceptors (Lipinski definition) is 6. The van der Waals surface area contributed by atoms with Gasteiger partial charge in [-0.3, -0.25) is 9.78 Å². The summed E-state index contributed by atoms with van der Waals surface area (Å²) in [6, 6.07) is 33.8. The number of benzene rings is 3. The van der Waals surface area contributed by atoms with Gasteiger partial charge < -0.3 is 29.4 Å². The third-order valence-electron chi connectivity index (χ3n) is 7.01. The summed E-state index contributed by atoms with van der Waals surface area (Å²) in [6.07, 6.45) is 1.77. The highest BCUT2D eigenvalue weighted by Gasteiger charge is 2.42. The zero-order valence-corrected chi connectivity index (χ0v) is 24.3. The number of thiocarbonyl (C=S) groups is 1. The highest BCUT2D eigenvalue weighted by Crippen LogP contribution is 2.43. The molecule has 2 atom stereocenters. The molecular weight excluding hydrogens is 560 g/mol. The van der Waals surface area contributed by atoms with Gasteiger partial charge in [0.2, 0.25) is 0 Å². The zero-order chi connectivity index (χ0) is 29.6. The predicted molar refractivity (Wildman–Crippen MR) is 170 cm³/mol. The van der Waals surface area contributed by atoms with Gasteiger partial charge in [0, 0.05) is 23.1 Å². The standard InChI is InChI=1S/C34H30N4O4S/c1-2-40-27-17-11-23(12-18-27)29-19-20-30(42-29)33-32(28-10-6-7-21-35-28)37-34(43)38(33)25-15-13-24(14-16-25)36-31(39)22-41-26-8-4-3-5-9-26/h3-21,32-33H,2,22H2,1H3,(H,36,39)(H,37,43)/t32-,33+/m1/s1. The molecule has 1 amide bonds. The van der Waals surface area contributed by atoms with Gasteiger partial charge in [0.1, 0.15) is 29.1 Å². The van der Waals surface area contributed by atoms with Crippen molar-refractivity contribution in [2.75, 3.05) is 23.4 Å². The smallest absolute Gasteiger partial charge is 0.262 e. The van der Waals surface area contributed by atoms with Crippen LogP contribution < -0.4 is 25.0 Å². The van der Waals surface area contributed by atoms with E-state index in [-0.39, 0.29) is 24.6 Å². The fraction of sp³-hybridized carbons (Fsp3) is 0.147. The zero-order valence-electron chi connectivity index (χ0n) is 23.5. The lowest BCUT2D eigenvalue weighted by Crippen LogP contribution is -2.29. The number of hydrogen-bond donors (Lipinski definition) is 2.